The zero-order valence-corrected chi connectivity index (χ0v) is 44.1. The van der Waals surface area contributed by atoms with Crippen LogP contribution in [0.25, 0.3) is 10.1 Å². The van der Waals surface area contributed by atoms with Crippen molar-refractivity contribution in [1.29, 1.82) is 0 Å². The fourth-order valence-electron chi connectivity index (χ4n) is 9.74. The van der Waals surface area contributed by atoms with Crippen LogP contribution in [0.1, 0.15) is 104 Å². The highest BCUT2D eigenvalue weighted by Gasteiger charge is 2.51. The van der Waals surface area contributed by atoms with Gasteiger partial charge in [0.25, 0.3) is 23.6 Å². The van der Waals surface area contributed by atoms with Crippen molar-refractivity contribution in [1.82, 2.24) is 30.7 Å². The molecule has 19 nitrogen and oxygen atoms in total. The monoisotopic (exact) mass is 1110 g/mol. The summed E-state index contributed by atoms with van der Waals surface area (Å²) in [7, 11) is -5.87. The Balaban J connectivity index is 0.873. The van der Waals surface area contributed by atoms with Crippen LogP contribution in [-0.4, -0.2) is 123 Å². The van der Waals surface area contributed by atoms with Gasteiger partial charge in [-0.05, 0) is 82.4 Å². The van der Waals surface area contributed by atoms with Crippen LogP contribution in [0.4, 0.5) is 8.78 Å². The summed E-state index contributed by atoms with van der Waals surface area (Å²) in [6.45, 7) is 5.61. The molecular weight excluding hydrogens is 1050 g/mol. The summed E-state index contributed by atoms with van der Waals surface area (Å²) in [6, 6.07) is 20.0. The summed E-state index contributed by atoms with van der Waals surface area (Å²) >= 11 is 0.935. The van der Waals surface area contributed by atoms with Crippen molar-refractivity contribution in [3.05, 3.63) is 135 Å². The first kappa shape index (κ1) is 55.1. The number of ether oxygens (including phenoxy) is 2. The Bertz CT molecular complexity index is 3400. The molecule has 9 rings (SSSR count). The number of thiophene rings is 1. The molecular formula is C55H53F2N6O13PS. The predicted octanol–water partition coefficient (Wildman–Crippen LogP) is 5.16. The van der Waals surface area contributed by atoms with Crippen molar-refractivity contribution in [2.24, 2.45) is 5.41 Å². The SMILES string of the molecule is CC(C)(C)C(NC(=O)c1cc2cc(C(F)(F)P(=O)(O)O)ccc2s1)C(=O)N1Cc2cc(OCC(=O)NCCC#Cc3ccc4c(c3)C(=O)N(C3CCC(=O)NC3=O)C4=O)ccc2C[C@H]1C(=O)N1CCO[C@H](c2ccccc2)C1. The molecule has 78 heavy (non-hydrogen) atoms. The number of imide groups is 2. The Morgan fingerprint density at radius 3 is 2.42 bits per heavy atom. The molecule has 5 heterocycles. The number of carbonyl (C=O) groups is 8. The van der Waals surface area contributed by atoms with Gasteiger partial charge in [0.2, 0.25) is 23.6 Å². The molecule has 4 atom stereocenters. The number of benzene rings is 4. The molecule has 2 fully saturated rings. The summed E-state index contributed by atoms with van der Waals surface area (Å²) in [5, 5.41) is 7.86. The molecule has 5 aromatic rings. The third-order valence-corrected chi connectivity index (χ3v) is 16.0. The number of alkyl halides is 2. The minimum absolute atomic E-state index is 0.00192. The number of piperidine rings is 1. The zero-order chi connectivity index (χ0) is 55.8. The van der Waals surface area contributed by atoms with E-state index in [2.05, 4.69) is 27.8 Å². The minimum atomic E-state index is -5.87. The Morgan fingerprint density at radius 2 is 1.69 bits per heavy atom. The number of carbonyl (C=O) groups excluding carboxylic acids is 8. The summed E-state index contributed by atoms with van der Waals surface area (Å²) < 4.78 is 53.2. The van der Waals surface area contributed by atoms with Crippen LogP contribution in [0.2, 0.25) is 0 Å². The van der Waals surface area contributed by atoms with Gasteiger partial charge in [-0.2, -0.15) is 8.78 Å². The molecule has 23 heteroatoms. The van der Waals surface area contributed by atoms with Crippen LogP contribution < -0.4 is 20.7 Å². The molecule has 4 aliphatic heterocycles. The van der Waals surface area contributed by atoms with Crippen molar-refractivity contribution in [3.8, 4) is 17.6 Å². The van der Waals surface area contributed by atoms with Gasteiger partial charge < -0.3 is 39.7 Å². The molecule has 4 aromatic carbocycles. The van der Waals surface area contributed by atoms with Gasteiger partial charge in [0.05, 0.1) is 29.2 Å². The molecule has 2 unspecified atom stereocenters. The predicted molar refractivity (Wildman–Crippen MR) is 278 cm³/mol. The number of fused-ring (bicyclic) bond motifs is 3. The maximum Gasteiger partial charge on any atom is 0.399 e. The molecule has 1 aromatic heterocycles. The number of nitrogens with one attached hydrogen (secondary N) is 3. The number of hydrogen-bond acceptors (Lipinski definition) is 12. The van der Waals surface area contributed by atoms with Gasteiger partial charge in [0.1, 0.15) is 30.0 Å². The van der Waals surface area contributed by atoms with E-state index in [0.717, 1.165) is 39.5 Å². The molecule has 0 saturated carbocycles. The third-order valence-electron chi connectivity index (χ3n) is 13.9. The van der Waals surface area contributed by atoms with Gasteiger partial charge in [-0.3, -0.25) is 53.1 Å². The Labute approximate surface area is 449 Å². The van der Waals surface area contributed by atoms with Gasteiger partial charge in [-0.25, -0.2) is 0 Å². The summed E-state index contributed by atoms with van der Waals surface area (Å²) in [6.07, 6.45) is -0.0856. The van der Waals surface area contributed by atoms with Crippen LogP contribution in [0.3, 0.4) is 0 Å². The highest BCUT2D eigenvalue weighted by Crippen LogP contribution is 2.59. The number of rotatable bonds is 13. The summed E-state index contributed by atoms with van der Waals surface area (Å²) in [5.74, 6) is 1.58. The van der Waals surface area contributed by atoms with Crippen molar-refractivity contribution < 1.29 is 71.0 Å². The van der Waals surface area contributed by atoms with E-state index in [0.29, 0.717) is 21.6 Å². The number of morpholine rings is 1. The lowest BCUT2D eigenvalue weighted by molar-refractivity contribution is -0.153. The standard InChI is InChI=1S/C55H53F2N6O13PS/c1-54(2,3)47(60-49(67)44-27-34-24-36(14-18-43(34)78-44)55(56,57)77(72,73)74)53(71)62-28-35-25-37(15-13-33(35)26-41(62)52(70)61-21-22-75-42(29-61)32-10-5-4-6-11-32)76-30-46(65)58-20-8-7-9-31-12-16-38-39(23-31)51(69)63(50(38)68)40-17-19-45(64)59-48(40)66/h4-6,10-16,18,23-25,27,40-42,47H,8,17,19-22,26,28-30H2,1-3H3,(H,58,65)(H,60,67)(H,59,64,66)(H2,72,73,74)/t40?,41-,42-,47?/m0/s1. The van der Waals surface area contributed by atoms with Crippen LogP contribution in [0, 0.1) is 17.3 Å². The first-order chi connectivity index (χ1) is 37.0. The van der Waals surface area contributed by atoms with E-state index >= 15 is 4.79 Å². The van der Waals surface area contributed by atoms with Gasteiger partial charge in [0, 0.05) is 54.7 Å². The molecule has 4 aliphatic rings. The first-order valence-electron chi connectivity index (χ1n) is 24.9. The second-order valence-corrected chi connectivity index (χ2v) is 23.0. The van der Waals surface area contributed by atoms with Crippen LogP contribution >= 0.6 is 18.9 Å². The van der Waals surface area contributed by atoms with E-state index in [1.54, 1.807) is 49.9 Å². The molecule has 8 amide bonds. The van der Waals surface area contributed by atoms with E-state index in [-0.39, 0.29) is 92.4 Å². The smallest absolute Gasteiger partial charge is 0.399 e. The van der Waals surface area contributed by atoms with E-state index < -0.39 is 89.8 Å². The molecule has 0 radical (unpaired) electrons. The maximum absolute atomic E-state index is 15.1. The van der Waals surface area contributed by atoms with Crippen LogP contribution in [-0.2, 0) is 51.9 Å². The number of amides is 8. The Morgan fingerprint density at radius 1 is 0.936 bits per heavy atom. The fraction of sp³-hybridized carbons (Fsp3) is 0.345. The largest absolute Gasteiger partial charge is 0.484 e. The van der Waals surface area contributed by atoms with Crippen LogP contribution in [0.5, 0.6) is 5.75 Å². The van der Waals surface area contributed by atoms with Gasteiger partial charge in [-0.15, -0.1) is 11.3 Å². The minimum Gasteiger partial charge on any atom is -0.484 e. The van der Waals surface area contributed by atoms with E-state index in [1.807, 2.05) is 30.3 Å². The highest BCUT2D eigenvalue weighted by atomic mass is 32.1. The lowest BCUT2D eigenvalue weighted by atomic mass is 9.84. The van der Waals surface area contributed by atoms with Crippen molar-refractivity contribution in [2.45, 2.75) is 82.9 Å². The maximum atomic E-state index is 15.1. The lowest BCUT2D eigenvalue weighted by Crippen LogP contribution is -2.61. The average Bonchev–Trinajstić information content (AvgIpc) is 3.95. The van der Waals surface area contributed by atoms with Gasteiger partial charge in [-0.1, -0.05) is 75.1 Å². The number of hydrogen-bond donors (Lipinski definition) is 5. The zero-order valence-electron chi connectivity index (χ0n) is 42.4. The molecule has 406 valence electrons. The van der Waals surface area contributed by atoms with Crippen molar-refractivity contribution >= 4 is 76.3 Å². The molecule has 2 saturated heterocycles. The molecule has 0 spiro atoms. The Kier molecular flexibility index (Phi) is 15.5. The van der Waals surface area contributed by atoms with E-state index in [4.69, 9.17) is 9.47 Å². The second-order valence-electron chi connectivity index (χ2n) is 20.3. The quantitative estimate of drug-likeness (QED) is 0.0442. The van der Waals surface area contributed by atoms with Gasteiger partial charge in [0.15, 0.2) is 6.61 Å². The topological polar surface area (TPSA) is 258 Å². The molecule has 0 aliphatic carbocycles. The van der Waals surface area contributed by atoms with Crippen molar-refractivity contribution in [2.75, 3.05) is 32.8 Å². The Hall–Kier alpha value is -7.67. The summed E-state index contributed by atoms with van der Waals surface area (Å²) in [4.78, 5) is 130. The highest BCUT2D eigenvalue weighted by molar-refractivity contribution is 7.52. The van der Waals surface area contributed by atoms with Crippen LogP contribution in [0.15, 0.2) is 91.0 Å². The first-order valence-corrected chi connectivity index (χ1v) is 27.3. The normalized spacial score (nSPS) is 19.1. The van der Waals surface area contributed by atoms with Crippen molar-refractivity contribution in [3.63, 3.8) is 0 Å². The fourth-order valence-corrected chi connectivity index (χ4v) is 11.2. The average molecular weight is 1110 g/mol. The number of nitrogens with zero attached hydrogens (tertiary/aromatic N) is 3. The number of halogens is 2. The lowest BCUT2D eigenvalue weighted by Gasteiger charge is -2.43. The van der Waals surface area contributed by atoms with E-state index in [1.165, 1.54) is 29.2 Å². The summed E-state index contributed by atoms with van der Waals surface area (Å²) in [5.41, 5.74) is -3.46. The van der Waals surface area contributed by atoms with E-state index in [9.17, 15) is 56.7 Å². The third kappa shape index (κ3) is 11.5. The van der Waals surface area contributed by atoms with Gasteiger partial charge >= 0.3 is 13.3 Å². The molecule has 5 N–H and O–H groups in total. The second kappa shape index (κ2) is 22.0. The molecule has 0 bridgehead atoms.